The topological polar surface area (TPSA) is 44.8 Å². The highest BCUT2D eigenvalue weighted by Gasteiger charge is 2.11. The van der Waals surface area contributed by atoms with Crippen LogP contribution in [0.5, 0.6) is 17.2 Å². The zero-order valence-corrected chi connectivity index (χ0v) is 12.4. The quantitative estimate of drug-likeness (QED) is 0.625. The molecule has 0 aliphatic heterocycles. The third kappa shape index (κ3) is 3.75. The lowest BCUT2D eigenvalue weighted by Gasteiger charge is -2.12. The summed E-state index contributed by atoms with van der Waals surface area (Å²) in [5, 5.41) is 0. The fraction of sp³-hybridized carbons (Fsp3) is 0.235. The molecule has 2 aromatic rings. The van der Waals surface area contributed by atoms with Crippen molar-refractivity contribution in [2.24, 2.45) is 0 Å². The number of aryl methyl sites for hydroxylation is 2. The molecule has 0 saturated heterocycles. The van der Waals surface area contributed by atoms with Gasteiger partial charge in [0.1, 0.15) is 5.75 Å². The minimum atomic E-state index is -0.470. The number of carbonyl (C=O) groups excluding carboxylic acids is 1. The van der Waals surface area contributed by atoms with Crippen LogP contribution in [0.4, 0.5) is 0 Å². The van der Waals surface area contributed by atoms with Crippen molar-refractivity contribution in [3.05, 3.63) is 53.6 Å². The van der Waals surface area contributed by atoms with E-state index < -0.39 is 5.97 Å². The van der Waals surface area contributed by atoms with Gasteiger partial charge in [-0.25, -0.2) is 4.79 Å². The summed E-state index contributed by atoms with van der Waals surface area (Å²) >= 11 is 0. The van der Waals surface area contributed by atoms with E-state index in [4.69, 9.17) is 14.2 Å². The summed E-state index contributed by atoms with van der Waals surface area (Å²) in [6.45, 7) is 3.73. The average molecular weight is 286 g/mol. The lowest BCUT2D eigenvalue weighted by atomic mass is 10.1. The first-order chi connectivity index (χ1) is 10.1. The molecule has 0 unspecified atom stereocenters. The summed E-state index contributed by atoms with van der Waals surface area (Å²) < 4.78 is 15.9. The smallest absolute Gasteiger partial charge is 0.349 e. The number of para-hydroxylation sites is 3. The molecule has 2 aromatic carbocycles. The molecule has 110 valence electrons. The Hall–Kier alpha value is -2.49. The highest BCUT2D eigenvalue weighted by atomic mass is 16.6. The van der Waals surface area contributed by atoms with Gasteiger partial charge >= 0.3 is 5.97 Å². The minimum Gasteiger partial charge on any atom is -0.493 e. The van der Waals surface area contributed by atoms with Gasteiger partial charge < -0.3 is 14.2 Å². The number of benzene rings is 2. The number of carbonyl (C=O) groups is 1. The predicted octanol–water partition coefficient (Wildman–Crippen LogP) is 3.30. The van der Waals surface area contributed by atoms with Gasteiger partial charge in [-0.1, -0.05) is 30.3 Å². The fourth-order valence-corrected chi connectivity index (χ4v) is 2.01. The normalized spacial score (nSPS) is 10.0. The summed E-state index contributed by atoms with van der Waals surface area (Å²) in [4.78, 5) is 11.9. The Kier molecular flexibility index (Phi) is 4.82. The van der Waals surface area contributed by atoms with Crippen molar-refractivity contribution < 1.29 is 19.0 Å². The minimum absolute atomic E-state index is 0.149. The maximum atomic E-state index is 11.9. The lowest BCUT2D eigenvalue weighted by Crippen LogP contribution is -2.18. The maximum absolute atomic E-state index is 11.9. The van der Waals surface area contributed by atoms with Crippen molar-refractivity contribution >= 4 is 5.97 Å². The van der Waals surface area contributed by atoms with Crippen molar-refractivity contribution in [1.82, 2.24) is 0 Å². The van der Waals surface area contributed by atoms with Crippen molar-refractivity contribution in [2.75, 3.05) is 13.7 Å². The lowest BCUT2D eigenvalue weighted by molar-refractivity contribution is -0.136. The summed E-state index contributed by atoms with van der Waals surface area (Å²) in [6, 6.07) is 12.8. The summed E-state index contributed by atoms with van der Waals surface area (Å²) in [5.74, 6) is 1.14. The Bertz CT molecular complexity index is 614. The van der Waals surface area contributed by atoms with E-state index in [2.05, 4.69) is 0 Å². The Balaban J connectivity index is 1.99. The van der Waals surface area contributed by atoms with Gasteiger partial charge in [0.2, 0.25) is 0 Å². The molecule has 4 heteroatoms. The molecule has 0 spiro atoms. The highest BCUT2D eigenvalue weighted by molar-refractivity contribution is 5.74. The molecule has 0 amide bonds. The molecule has 2 rings (SSSR count). The molecular formula is C17H18O4. The molecule has 0 fully saturated rings. The number of hydrogen-bond acceptors (Lipinski definition) is 4. The molecule has 0 saturated carbocycles. The standard InChI is InChI=1S/C17H18O4/c1-12-7-6-8-13(2)17(12)20-11-16(18)21-15-10-5-4-9-14(15)19-3/h4-10H,11H2,1-3H3. The van der Waals surface area contributed by atoms with Gasteiger partial charge in [0.15, 0.2) is 18.1 Å². The summed E-state index contributed by atoms with van der Waals surface area (Å²) in [6.07, 6.45) is 0. The number of ether oxygens (including phenoxy) is 3. The Labute approximate surface area is 124 Å². The molecule has 0 radical (unpaired) electrons. The second kappa shape index (κ2) is 6.79. The molecule has 0 aliphatic rings. The van der Waals surface area contributed by atoms with Gasteiger partial charge in [-0.3, -0.25) is 0 Å². The van der Waals surface area contributed by atoms with Gasteiger partial charge in [-0.2, -0.15) is 0 Å². The first-order valence-corrected chi connectivity index (χ1v) is 6.64. The van der Waals surface area contributed by atoms with Crippen LogP contribution >= 0.6 is 0 Å². The predicted molar refractivity (Wildman–Crippen MR) is 80.0 cm³/mol. The van der Waals surface area contributed by atoms with Gasteiger partial charge in [-0.15, -0.1) is 0 Å². The third-order valence-corrected chi connectivity index (χ3v) is 3.04. The monoisotopic (exact) mass is 286 g/mol. The summed E-state index contributed by atoms with van der Waals surface area (Å²) in [7, 11) is 1.53. The molecule has 0 bridgehead atoms. The van der Waals surface area contributed by atoms with Gasteiger partial charge in [0.05, 0.1) is 7.11 Å². The van der Waals surface area contributed by atoms with E-state index in [0.29, 0.717) is 11.5 Å². The number of rotatable bonds is 5. The fourth-order valence-electron chi connectivity index (χ4n) is 2.01. The first-order valence-electron chi connectivity index (χ1n) is 6.64. The highest BCUT2D eigenvalue weighted by Crippen LogP contribution is 2.26. The van der Waals surface area contributed by atoms with E-state index in [-0.39, 0.29) is 6.61 Å². The SMILES string of the molecule is COc1ccccc1OC(=O)COc1c(C)cccc1C. The van der Waals surface area contributed by atoms with E-state index in [9.17, 15) is 4.79 Å². The summed E-state index contributed by atoms with van der Waals surface area (Å²) in [5.41, 5.74) is 1.97. The molecule has 21 heavy (non-hydrogen) atoms. The van der Waals surface area contributed by atoms with E-state index in [1.807, 2.05) is 38.1 Å². The Morgan fingerprint density at radius 3 is 2.19 bits per heavy atom. The zero-order chi connectivity index (χ0) is 15.2. The molecular weight excluding hydrogens is 268 g/mol. The molecule has 0 aromatic heterocycles. The van der Waals surface area contributed by atoms with Crippen LogP contribution in [-0.4, -0.2) is 19.7 Å². The van der Waals surface area contributed by atoms with Crippen molar-refractivity contribution in [1.29, 1.82) is 0 Å². The Morgan fingerprint density at radius 2 is 1.57 bits per heavy atom. The Morgan fingerprint density at radius 1 is 0.952 bits per heavy atom. The van der Waals surface area contributed by atoms with Crippen LogP contribution in [0.2, 0.25) is 0 Å². The van der Waals surface area contributed by atoms with Gasteiger partial charge in [0.25, 0.3) is 0 Å². The van der Waals surface area contributed by atoms with Crippen molar-refractivity contribution in [3.8, 4) is 17.2 Å². The third-order valence-electron chi connectivity index (χ3n) is 3.04. The van der Waals surface area contributed by atoms with Gasteiger partial charge in [-0.05, 0) is 37.1 Å². The molecule has 0 heterocycles. The molecule has 0 aliphatic carbocycles. The number of hydrogen-bond donors (Lipinski definition) is 0. The number of methoxy groups -OCH3 is 1. The van der Waals surface area contributed by atoms with Crippen LogP contribution in [0, 0.1) is 13.8 Å². The van der Waals surface area contributed by atoms with E-state index in [0.717, 1.165) is 16.9 Å². The van der Waals surface area contributed by atoms with Crippen LogP contribution in [0.15, 0.2) is 42.5 Å². The molecule has 0 atom stereocenters. The maximum Gasteiger partial charge on any atom is 0.349 e. The first kappa shape index (κ1) is 14.9. The number of esters is 1. The van der Waals surface area contributed by atoms with Crippen LogP contribution in [0.1, 0.15) is 11.1 Å². The van der Waals surface area contributed by atoms with Crippen molar-refractivity contribution in [3.63, 3.8) is 0 Å². The van der Waals surface area contributed by atoms with E-state index >= 15 is 0 Å². The van der Waals surface area contributed by atoms with Crippen LogP contribution < -0.4 is 14.2 Å². The second-order valence-corrected chi connectivity index (χ2v) is 4.63. The molecule has 0 N–H and O–H groups in total. The molecule has 4 nitrogen and oxygen atoms in total. The van der Waals surface area contributed by atoms with E-state index in [1.165, 1.54) is 7.11 Å². The van der Waals surface area contributed by atoms with Crippen molar-refractivity contribution in [2.45, 2.75) is 13.8 Å². The van der Waals surface area contributed by atoms with Crippen LogP contribution in [0.25, 0.3) is 0 Å². The van der Waals surface area contributed by atoms with Gasteiger partial charge in [0, 0.05) is 0 Å². The zero-order valence-electron chi connectivity index (χ0n) is 12.4. The largest absolute Gasteiger partial charge is 0.493 e. The second-order valence-electron chi connectivity index (χ2n) is 4.63. The van der Waals surface area contributed by atoms with Crippen LogP contribution in [0.3, 0.4) is 0 Å². The van der Waals surface area contributed by atoms with E-state index in [1.54, 1.807) is 18.2 Å². The average Bonchev–Trinajstić information content (AvgIpc) is 2.47. The van der Waals surface area contributed by atoms with Crippen LogP contribution in [-0.2, 0) is 4.79 Å².